The van der Waals surface area contributed by atoms with E-state index in [1.54, 1.807) is 26.0 Å². The van der Waals surface area contributed by atoms with E-state index < -0.39 is 5.69 Å². The first-order valence-corrected chi connectivity index (χ1v) is 7.80. The Kier molecular flexibility index (Phi) is 4.00. The molecule has 1 fully saturated rings. The molecule has 1 aromatic rings. The second kappa shape index (κ2) is 5.25. The zero-order valence-corrected chi connectivity index (χ0v) is 14.8. The molecular weight excluding hydrogens is 280 g/mol. The van der Waals surface area contributed by atoms with Crippen molar-refractivity contribution >= 4 is 5.95 Å². The molecule has 1 saturated carbocycles. The van der Waals surface area contributed by atoms with Gasteiger partial charge in [-0.3, -0.25) is 4.57 Å². The number of anilines is 1. The van der Waals surface area contributed by atoms with Gasteiger partial charge in [0.25, 0.3) is 0 Å². The minimum atomic E-state index is -0.440. The van der Waals surface area contributed by atoms with Crippen LogP contribution in [-0.4, -0.2) is 28.2 Å². The Labute approximate surface area is 131 Å². The summed E-state index contributed by atoms with van der Waals surface area (Å²) in [6, 6.07) is -0.0892. The van der Waals surface area contributed by atoms with Gasteiger partial charge in [0, 0.05) is 27.2 Å². The summed E-state index contributed by atoms with van der Waals surface area (Å²) in [5.74, 6) is 0.389. The van der Waals surface area contributed by atoms with Crippen LogP contribution in [0.15, 0.2) is 9.59 Å². The van der Waals surface area contributed by atoms with Crippen molar-refractivity contribution in [2.75, 3.05) is 19.0 Å². The molecule has 0 aromatic carbocycles. The van der Waals surface area contributed by atoms with Crippen LogP contribution in [0.25, 0.3) is 0 Å². The molecule has 0 aliphatic heterocycles. The van der Waals surface area contributed by atoms with Crippen molar-refractivity contribution in [1.82, 2.24) is 14.1 Å². The maximum atomic E-state index is 12.7. The monoisotopic (exact) mass is 308 g/mol. The lowest BCUT2D eigenvalue weighted by Crippen LogP contribution is -2.48. The van der Waals surface area contributed by atoms with Gasteiger partial charge in [0.1, 0.15) is 0 Å². The summed E-state index contributed by atoms with van der Waals surface area (Å²) in [6.45, 7) is 8.83. The molecule has 1 aromatic heterocycles. The van der Waals surface area contributed by atoms with Gasteiger partial charge in [-0.25, -0.2) is 14.2 Å². The van der Waals surface area contributed by atoms with Crippen molar-refractivity contribution in [3.8, 4) is 0 Å². The number of nitrogens with zero attached hydrogens (tertiary/aromatic N) is 4. The Morgan fingerprint density at radius 2 is 1.59 bits per heavy atom. The van der Waals surface area contributed by atoms with Gasteiger partial charge in [0.2, 0.25) is 5.95 Å². The molecule has 2 rings (SSSR count). The topological polar surface area (TPSA) is 60.1 Å². The fraction of sp³-hybridized carbons (Fsp3) is 0.812. The van der Waals surface area contributed by atoms with Gasteiger partial charge in [0.05, 0.1) is 0 Å². The van der Waals surface area contributed by atoms with Crippen LogP contribution in [0.3, 0.4) is 0 Å². The standard InChI is InChI=1S/C16H28N4O2/c1-15(2)8-11(9-16(3,4)10-15)20-13(21)17-12(18(5)6)19(7)14(20)22/h11H,8-10H2,1-7H3. The highest BCUT2D eigenvalue weighted by molar-refractivity contribution is 5.25. The van der Waals surface area contributed by atoms with Crippen molar-refractivity contribution in [3.63, 3.8) is 0 Å². The molecule has 0 N–H and O–H groups in total. The molecule has 6 nitrogen and oxygen atoms in total. The molecule has 124 valence electrons. The fourth-order valence-corrected chi connectivity index (χ4v) is 4.23. The fourth-order valence-electron chi connectivity index (χ4n) is 4.23. The normalized spacial score (nSPS) is 20.9. The van der Waals surface area contributed by atoms with Crippen LogP contribution in [0.5, 0.6) is 0 Å². The Bertz CT molecular complexity index is 666. The summed E-state index contributed by atoms with van der Waals surface area (Å²) in [5.41, 5.74) is -0.499. The molecule has 1 aliphatic carbocycles. The van der Waals surface area contributed by atoms with Crippen LogP contribution < -0.4 is 16.3 Å². The van der Waals surface area contributed by atoms with Gasteiger partial charge in [-0.1, -0.05) is 27.7 Å². The zero-order chi connectivity index (χ0) is 16.9. The largest absolute Gasteiger partial charge is 0.355 e. The molecule has 6 heteroatoms. The summed E-state index contributed by atoms with van der Waals surface area (Å²) < 4.78 is 2.81. The third-order valence-electron chi connectivity index (χ3n) is 4.49. The number of hydrogen-bond acceptors (Lipinski definition) is 4. The molecule has 0 atom stereocenters. The van der Waals surface area contributed by atoms with Gasteiger partial charge >= 0.3 is 11.4 Å². The molecule has 0 radical (unpaired) electrons. The van der Waals surface area contributed by atoms with E-state index in [0.717, 1.165) is 19.3 Å². The zero-order valence-electron chi connectivity index (χ0n) is 14.8. The highest BCUT2D eigenvalue weighted by atomic mass is 16.2. The van der Waals surface area contributed by atoms with Crippen molar-refractivity contribution in [2.24, 2.45) is 17.9 Å². The van der Waals surface area contributed by atoms with E-state index in [2.05, 4.69) is 32.7 Å². The van der Waals surface area contributed by atoms with Crippen LogP contribution in [0.4, 0.5) is 5.95 Å². The number of aromatic nitrogens is 3. The molecule has 0 spiro atoms. The quantitative estimate of drug-likeness (QED) is 0.835. The summed E-state index contributed by atoms with van der Waals surface area (Å²) in [6.07, 6.45) is 2.75. The molecule has 1 heterocycles. The maximum absolute atomic E-state index is 12.7. The van der Waals surface area contributed by atoms with Gasteiger partial charge in [-0.15, -0.1) is 0 Å². The lowest BCUT2D eigenvalue weighted by molar-refractivity contribution is 0.0679. The third-order valence-corrected chi connectivity index (χ3v) is 4.49. The van der Waals surface area contributed by atoms with Gasteiger partial charge < -0.3 is 4.90 Å². The first kappa shape index (κ1) is 16.8. The summed E-state index contributed by atoms with van der Waals surface area (Å²) >= 11 is 0. The number of rotatable bonds is 2. The van der Waals surface area contributed by atoms with Crippen LogP contribution in [0.1, 0.15) is 53.0 Å². The number of hydrogen-bond donors (Lipinski definition) is 0. The van der Waals surface area contributed by atoms with E-state index >= 15 is 0 Å². The Morgan fingerprint density at radius 1 is 1.09 bits per heavy atom. The highest BCUT2D eigenvalue weighted by Crippen LogP contribution is 2.49. The van der Waals surface area contributed by atoms with Crippen molar-refractivity contribution in [3.05, 3.63) is 21.0 Å². The SMILES string of the molecule is CN(C)c1nc(=O)n(C2CC(C)(C)CC(C)(C)C2)c(=O)n1C. The van der Waals surface area contributed by atoms with Gasteiger partial charge in [-0.2, -0.15) is 4.98 Å². The van der Waals surface area contributed by atoms with Crippen molar-refractivity contribution < 1.29 is 0 Å². The average Bonchev–Trinajstić information content (AvgIpc) is 2.29. The second-order valence-electron chi connectivity index (χ2n) is 8.37. The minimum absolute atomic E-state index is 0.0892. The molecule has 0 bridgehead atoms. The smallest absolute Gasteiger partial charge is 0.348 e. The van der Waals surface area contributed by atoms with E-state index in [1.807, 2.05) is 0 Å². The van der Waals surface area contributed by atoms with Gasteiger partial charge in [-0.05, 0) is 30.1 Å². The molecule has 0 unspecified atom stereocenters. The van der Waals surface area contributed by atoms with Crippen LogP contribution >= 0.6 is 0 Å². The summed E-state index contributed by atoms with van der Waals surface area (Å²) in [5, 5.41) is 0. The molecule has 22 heavy (non-hydrogen) atoms. The average molecular weight is 308 g/mol. The third kappa shape index (κ3) is 3.10. The van der Waals surface area contributed by atoms with Crippen LogP contribution in [-0.2, 0) is 7.05 Å². The Balaban J connectivity index is 2.56. The predicted molar refractivity (Wildman–Crippen MR) is 88.5 cm³/mol. The molecule has 0 saturated heterocycles. The van der Waals surface area contributed by atoms with Crippen LogP contribution in [0.2, 0.25) is 0 Å². The van der Waals surface area contributed by atoms with Crippen molar-refractivity contribution in [2.45, 2.75) is 53.0 Å². The van der Waals surface area contributed by atoms with E-state index in [4.69, 9.17) is 0 Å². The van der Waals surface area contributed by atoms with E-state index in [-0.39, 0.29) is 22.6 Å². The maximum Gasteiger partial charge on any atom is 0.355 e. The summed E-state index contributed by atoms with van der Waals surface area (Å²) in [4.78, 5) is 30.9. The molecule has 0 amide bonds. The van der Waals surface area contributed by atoms with E-state index in [1.165, 1.54) is 9.13 Å². The van der Waals surface area contributed by atoms with E-state index in [0.29, 0.717) is 5.95 Å². The predicted octanol–water partition coefficient (Wildman–Crippen LogP) is 1.79. The highest BCUT2D eigenvalue weighted by Gasteiger charge is 2.40. The Hall–Kier alpha value is -1.59. The Morgan fingerprint density at radius 3 is 2.05 bits per heavy atom. The van der Waals surface area contributed by atoms with E-state index in [9.17, 15) is 9.59 Å². The molecular formula is C16H28N4O2. The first-order valence-electron chi connectivity index (χ1n) is 7.80. The molecule has 1 aliphatic rings. The van der Waals surface area contributed by atoms with Crippen LogP contribution in [0, 0.1) is 10.8 Å². The second-order valence-corrected chi connectivity index (χ2v) is 8.37. The summed E-state index contributed by atoms with van der Waals surface area (Å²) in [7, 11) is 5.22. The first-order chi connectivity index (χ1) is 9.93. The van der Waals surface area contributed by atoms with Gasteiger partial charge in [0.15, 0.2) is 0 Å². The minimum Gasteiger partial charge on any atom is -0.348 e. The van der Waals surface area contributed by atoms with Crippen molar-refractivity contribution in [1.29, 1.82) is 0 Å². The lowest BCUT2D eigenvalue weighted by atomic mass is 9.63. The lowest BCUT2D eigenvalue weighted by Gasteiger charge is -2.45.